The van der Waals surface area contributed by atoms with E-state index in [9.17, 15) is 36.3 Å². The van der Waals surface area contributed by atoms with Crippen molar-refractivity contribution in [3.05, 3.63) is 72.3 Å². The summed E-state index contributed by atoms with van der Waals surface area (Å²) < 4.78 is 67.4. The maximum absolute atomic E-state index is 12.6. The molecular weight excluding hydrogens is 451 g/mol. The van der Waals surface area contributed by atoms with Gasteiger partial charge in [0, 0.05) is 0 Å². The average Bonchev–Trinajstić information content (AvgIpc) is 2.71. The predicted octanol–water partition coefficient (Wildman–Crippen LogP) is 3.49. The Morgan fingerprint density at radius 2 is 1.59 bits per heavy atom. The molecule has 32 heavy (non-hydrogen) atoms. The van der Waals surface area contributed by atoms with Gasteiger partial charge in [-0.2, -0.15) is 0 Å². The number of aliphatic carboxylic acids is 1. The Hall–Kier alpha value is -3.60. The van der Waals surface area contributed by atoms with Crippen molar-refractivity contribution in [3.63, 3.8) is 0 Å². The Kier molecular flexibility index (Phi) is 6.40. The van der Waals surface area contributed by atoms with Crippen molar-refractivity contribution in [3.8, 4) is 5.75 Å². The molecule has 0 spiro atoms. The minimum absolute atomic E-state index is 0.199. The van der Waals surface area contributed by atoms with Crippen LogP contribution in [0, 0.1) is 5.92 Å². The molecule has 2 N–H and O–H groups in total. The zero-order valence-corrected chi connectivity index (χ0v) is 17.0. The lowest BCUT2D eigenvalue weighted by atomic mass is 9.99. The van der Waals surface area contributed by atoms with Crippen LogP contribution in [0.2, 0.25) is 0 Å². The van der Waals surface area contributed by atoms with Gasteiger partial charge < -0.3 is 9.84 Å². The first-order valence-corrected chi connectivity index (χ1v) is 10.6. The summed E-state index contributed by atoms with van der Waals surface area (Å²) in [6.07, 6.45) is -5.33. The molecule has 0 radical (unpaired) electrons. The number of sulfonamides is 1. The summed E-state index contributed by atoms with van der Waals surface area (Å²) in [7, 11) is -4.36. The number of carboxylic acid groups (broad SMARTS) is 1. The number of hydrogen-bond donors (Lipinski definition) is 2. The minimum Gasteiger partial charge on any atom is -0.481 e. The second-order valence-electron chi connectivity index (χ2n) is 6.77. The Morgan fingerprint density at radius 3 is 2.19 bits per heavy atom. The van der Waals surface area contributed by atoms with E-state index in [-0.39, 0.29) is 10.5 Å². The number of carbonyl (C=O) groups is 2. The average molecular weight is 467 g/mol. The normalized spacial score (nSPS) is 12.8. The fourth-order valence-electron chi connectivity index (χ4n) is 2.95. The number of alkyl halides is 3. The van der Waals surface area contributed by atoms with E-state index in [4.69, 9.17) is 0 Å². The molecule has 3 aromatic rings. The topological polar surface area (TPSA) is 110 Å². The molecule has 0 aliphatic carbocycles. The largest absolute Gasteiger partial charge is 0.573 e. The zero-order valence-electron chi connectivity index (χ0n) is 16.2. The summed E-state index contributed by atoms with van der Waals surface area (Å²) in [5.41, 5.74) is 0.199. The highest BCUT2D eigenvalue weighted by molar-refractivity contribution is 7.90. The maximum atomic E-state index is 12.6. The lowest BCUT2D eigenvalue weighted by molar-refractivity contribution is -0.274. The van der Waals surface area contributed by atoms with Crippen molar-refractivity contribution < 1.29 is 41.0 Å². The Bertz CT molecular complexity index is 1260. The van der Waals surface area contributed by atoms with Crippen LogP contribution < -0.4 is 9.46 Å². The van der Waals surface area contributed by atoms with Crippen molar-refractivity contribution in [2.24, 2.45) is 5.92 Å². The summed E-state index contributed by atoms with van der Waals surface area (Å²) in [5, 5.41) is 10.8. The number of hydrogen-bond acceptors (Lipinski definition) is 5. The number of halogens is 3. The second-order valence-corrected chi connectivity index (χ2v) is 8.45. The Labute approximate surface area is 180 Å². The fourth-order valence-corrected chi connectivity index (χ4v) is 4.01. The minimum atomic E-state index is -4.89. The van der Waals surface area contributed by atoms with E-state index in [0.29, 0.717) is 5.39 Å². The van der Waals surface area contributed by atoms with Gasteiger partial charge in [-0.1, -0.05) is 42.5 Å². The number of benzene rings is 3. The highest BCUT2D eigenvalue weighted by atomic mass is 32.2. The smallest absolute Gasteiger partial charge is 0.481 e. The molecule has 0 bridgehead atoms. The van der Waals surface area contributed by atoms with Gasteiger partial charge in [0.25, 0.3) is 10.0 Å². The number of carbonyl (C=O) groups excluding carboxylic acids is 1. The van der Waals surface area contributed by atoms with E-state index in [1.165, 1.54) is 12.1 Å². The van der Waals surface area contributed by atoms with Crippen LogP contribution in [0.15, 0.2) is 71.6 Å². The van der Waals surface area contributed by atoms with E-state index in [1.807, 2.05) is 0 Å². The third kappa shape index (κ3) is 5.76. The third-order valence-electron chi connectivity index (χ3n) is 4.48. The van der Waals surface area contributed by atoms with Gasteiger partial charge in [-0.25, -0.2) is 13.1 Å². The molecule has 168 valence electrons. The van der Waals surface area contributed by atoms with Crippen LogP contribution >= 0.6 is 0 Å². The third-order valence-corrected chi connectivity index (χ3v) is 5.82. The first kappa shape index (κ1) is 23.1. The van der Waals surface area contributed by atoms with E-state index < -0.39 is 46.4 Å². The molecule has 0 saturated carbocycles. The number of fused-ring (bicyclic) bond motifs is 1. The number of carboxylic acids is 1. The first-order chi connectivity index (χ1) is 14.9. The lowest BCUT2D eigenvalue weighted by Crippen LogP contribution is -2.40. The highest BCUT2D eigenvalue weighted by Gasteiger charge is 2.32. The Balaban J connectivity index is 1.76. The molecule has 0 saturated heterocycles. The van der Waals surface area contributed by atoms with E-state index >= 15 is 0 Å². The molecule has 11 heteroatoms. The highest BCUT2D eigenvalue weighted by Crippen LogP contribution is 2.24. The van der Waals surface area contributed by atoms with Gasteiger partial charge in [-0.05, 0) is 47.0 Å². The van der Waals surface area contributed by atoms with Crippen molar-refractivity contribution in [1.82, 2.24) is 4.72 Å². The van der Waals surface area contributed by atoms with Gasteiger partial charge in [0.05, 0.1) is 4.90 Å². The van der Waals surface area contributed by atoms with Crippen molar-refractivity contribution in [2.45, 2.75) is 17.7 Å². The van der Waals surface area contributed by atoms with Gasteiger partial charge in [-0.3, -0.25) is 9.59 Å². The molecular formula is C21H16F3NO6S. The first-order valence-electron chi connectivity index (χ1n) is 9.07. The van der Waals surface area contributed by atoms with Crippen LogP contribution in [0.3, 0.4) is 0 Å². The fraction of sp³-hybridized carbons (Fsp3) is 0.143. The van der Waals surface area contributed by atoms with Crippen LogP contribution in [-0.4, -0.2) is 31.8 Å². The second kappa shape index (κ2) is 8.87. The van der Waals surface area contributed by atoms with Crippen molar-refractivity contribution in [2.75, 3.05) is 0 Å². The summed E-state index contributed by atoms with van der Waals surface area (Å²) in [6, 6.07) is 15.4. The molecule has 1 atom stereocenters. The predicted molar refractivity (Wildman–Crippen MR) is 107 cm³/mol. The van der Waals surface area contributed by atoms with Crippen LogP contribution in [0.1, 0.15) is 5.56 Å². The summed E-state index contributed by atoms with van der Waals surface area (Å²) in [6.45, 7) is 0. The Morgan fingerprint density at radius 1 is 0.969 bits per heavy atom. The van der Waals surface area contributed by atoms with Crippen LogP contribution in [0.25, 0.3) is 10.8 Å². The molecule has 0 aliphatic rings. The van der Waals surface area contributed by atoms with E-state index in [2.05, 4.69) is 4.74 Å². The van der Waals surface area contributed by atoms with Crippen molar-refractivity contribution >= 4 is 32.7 Å². The monoisotopic (exact) mass is 467 g/mol. The quantitative estimate of drug-likeness (QED) is 0.515. The molecule has 0 aromatic heterocycles. The molecule has 0 aliphatic heterocycles. The summed E-state index contributed by atoms with van der Waals surface area (Å²) >= 11 is 0. The molecule has 1 unspecified atom stereocenters. The van der Waals surface area contributed by atoms with Gasteiger partial charge in [0.2, 0.25) is 5.91 Å². The maximum Gasteiger partial charge on any atom is 0.573 e. The summed E-state index contributed by atoms with van der Waals surface area (Å²) in [4.78, 5) is 23.8. The summed E-state index contributed by atoms with van der Waals surface area (Å²) in [5.74, 6) is -5.18. The number of ether oxygens (including phenoxy) is 1. The molecule has 3 aromatic carbocycles. The molecule has 0 heterocycles. The lowest BCUT2D eigenvalue weighted by Gasteiger charge is -2.14. The van der Waals surface area contributed by atoms with Crippen LogP contribution in [0.4, 0.5) is 13.2 Å². The molecule has 0 fully saturated rings. The molecule has 7 nitrogen and oxygen atoms in total. The standard InChI is InChI=1S/C21H16F3NO6S/c22-21(23,24)31-16-8-5-13(6-9-16)11-18(20(27)28)19(26)25-32(29,30)17-10-7-14-3-1-2-4-15(14)12-17/h1-10,12,18H,11H2,(H,25,26)(H,27,28). The SMILES string of the molecule is O=C(O)C(Cc1ccc(OC(F)(F)F)cc1)C(=O)NS(=O)(=O)c1ccc2ccccc2c1. The van der Waals surface area contributed by atoms with Gasteiger partial charge >= 0.3 is 12.3 Å². The van der Waals surface area contributed by atoms with Crippen molar-refractivity contribution in [1.29, 1.82) is 0 Å². The van der Waals surface area contributed by atoms with Gasteiger partial charge in [-0.15, -0.1) is 13.2 Å². The zero-order chi connectivity index (χ0) is 23.5. The number of rotatable bonds is 7. The van der Waals surface area contributed by atoms with E-state index in [1.54, 1.807) is 35.1 Å². The van der Waals surface area contributed by atoms with Crippen LogP contribution in [0.5, 0.6) is 5.75 Å². The number of nitrogens with one attached hydrogen (secondary N) is 1. The molecule has 3 rings (SSSR count). The van der Waals surface area contributed by atoms with Gasteiger partial charge in [0.15, 0.2) is 0 Å². The van der Waals surface area contributed by atoms with Crippen LogP contribution in [-0.2, 0) is 26.0 Å². The van der Waals surface area contributed by atoms with E-state index in [0.717, 1.165) is 29.7 Å². The molecule has 1 amide bonds. The van der Waals surface area contributed by atoms with Gasteiger partial charge in [0.1, 0.15) is 11.7 Å². The number of amides is 1.